The third-order valence-corrected chi connectivity index (χ3v) is 4.59. The maximum atomic E-state index is 9.69. The molecule has 0 saturated carbocycles. The topological polar surface area (TPSA) is 101 Å². The summed E-state index contributed by atoms with van der Waals surface area (Å²) in [6, 6.07) is 12.8. The number of rotatable bonds is 9. The molecule has 3 aromatic rings. The van der Waals surface area contributed by atoms with Crippen LogP contribution in [0, 0.1) is 5.92 Å². The number of aromatic nitrogens is 3. The van der Waals surface area contributed by atoms with Crippen LogP contribution in [0.1, 0.15) is 13.8 Å². The maximum Gasteiger partial charge on any atom is 0.225 e. The van der Waals surface area contributed by atoms with Crippen molar-refractivity contribution in [1.29, 1.82) is 0 Å². The van der Waals surface area contributed by atoms with Crippen LogP contribution in [0.25, 0.3) is 11.4 Å². The fourth-order valence-electron chi connectivity index (χ4n) is 2.84. The van der Waals surface area contributed by atoms with Gasteiger partial charge < -0.3 is 25.2 Å². The molecule has 158 valence electrons. The van der Waals surface area contributed by atoms with Crippen LogP contribution in [0.15, 0.2) is 48.7 Å². The average molecular weight is 409 g/mol. The van der Waals surface area contributed by atoms with Crippen molar-refractivity contribution in [2.45, 2.75) is 19.9 Å². The van der Waals surface area contributed by atoms with Gasteiger partial charge in [0.15, 0.2) is 0 Å². The van der Waals surface area contributed by atoms with Gasteiger partial charge in [0, 0.05) is 36.1 Å². The van der Waals surface area contributed by atoms with Gasteiger partial charge in [-0.25, -0.2) is 4.98 Å². The number of aliphatic hydroxyl groups excluding tert-OH is 1. The van der Waals surface area contributed by atoms with Gasteiger partial charge in [-0.2, -0.15) is 4.98 Å². The molecule has 3 rings (SSSR count). The standard InChI is InChI=1S/C22H27N5O3/c1-14(2)20(13-28)26-22-25-19(18-7-5-6-8-23-18)12-21(27-22)24-15-9-16(29-3)11-17(10-15)30-4/h5-12,14,20,28H,13H2,1-4H3,(H2,24,25,26,27)/t20-/m0/s1. The van der Waals surface area contributed by atoms with Crippen molar-refractivity contribution < 1.29 is 14.6 Å². The number of ether oxygens (including phenoxy) is 2. The molecule has 30 heavy (non-hydrogen) atoms. The molecule has 0 saturated heterocycles. The summed E-state index contributed by atoms with van der Waals surface area (Å²) in [5.74, 6) is 2.51. The van der Waals surface area contributed by atoms with Gasteiger partial charge in [-0.3, -0.25) is 4.98 Å². The first kappa shape index (κ1) is 21.3. The smallest absolute Gasteiger partial charge is 0.225 e. The second-order valence-electron chi connectivity index (χ2n) is 7.08. The fraction of sp³-hybridized carbons (Fsp3) is 0.318. The third kappa shape index (κ3) is 5.36. The Morgan fingerprint density at radius 2 is 1.70 bits per heavy atom. The first-order chi connectivity index (χ1) is 14.5. The normalized spacial score (nSPS) is 11.8. The van der Waals surface area contributed by atoms with Gasteiger partial charge in [0.2, 0.25) is 5.95 Å². The van der Waals surface area contributed by atoms with E-state index in [-0.39, 0.29) is 18.6 Å². The molecular formula is C22H27N5O3. The Morgan fingerprint density at radius 3 is 2.27 bits per heavy atom. The van der Waals surface area contributed by atoms with Crippen LogP contribution in [0.4, 0.5) is 17.5 Å². The van der Waals surface area contributed by atoms with E-state index in [4.69, 9.17) is 9.47 Å². The highest BCUT2D eigenvalue weighted by molar-refractivity contribution is 5.67. The summed E-state index contributed by atoms with van der Waals surface area (Å²) in [5.41, 5.74) is 2.13. The van der Waals surface area contributed by atoms with Crippen molar-refractivity contribution in [3.8, 4) is 22.9 Å². The lowest BCUT2D eigenvalue weighted by molar-refractivity contribution is 0.248. The minimum atomic E-state index is -0.172. The molecule has 0 radical (unpaired) electrons. The number of methoxy groups -OCH3 is 2. The van der Waals surface area contributed by atoms with Gasteiger partial charge in [-0.15, -0.1) is 0 Å². The Balaban J connectivity index is 1.99. The molecule has 0 aliphatic carbocycles. The molecule has 8 nitrogen and oxygen atoms in total. The molecule has 3 N–H and O–H groups in total. The highest BCUT2D eigenvalue weighted by Crippen LogP contribution is 2.29. The van der Waals surface area contributed by atoms with E-state index < -0.39 is 0 Å². The Kier molecular flexibility index (Phi) is 7.03. The first-order valence-corrected chi connectivity index (χ1v) is 9.70. The summed E-state index contributed by atoms with van der Waals surface area (Å²) in [5, 5.41) is 16.2. The summed E-state index contributed by atoms with van der Waals surface area (Å²) in [6.07, 6.45) is 1.72. The summed E-state index contributed by atoms with van der Waals surface area (Å²) in [6.45, 7) is 4.03. The molecule has 0 aliphatic heterocycles. The van der Waals surface area contributed by atoms with Crippen molar-refractivity contribution in [1.82, 2.24) is 15.0 Å². The van der Waals surface area contributed by atoms with Gasteiger partial charge in [0.1, 0.15) is 17.3 Å². The second kappa shape index (κ2) is 9.89. The molecule has 0 spiro atoms. The van der Waals surface area contributed by atoms with Crippen LogP contribution < -0.4 is 20.1 Å². The van der Waals surface area contributed by atoms with E-state index in [1.807, 2.05) is 50.2 Å². The van der Waals surface area contributed by atoms with Crippen LogP contribution in [0.3, 0.4) is 0 Å². The van der Waals surface area contributed by atoms with E-state index in [0.717, 1.165) is 11.4 Å². The number of hydrogen-bond acceptors (Lipinski definition) is 8. The van der Waals surface area contributed by atoms with E-state index >= 15 is 0 Å². The van der Waals surface area contributed by atoms with Crippen LogP contribution in [-0.4, -0.2) is 46.9 Å². The number of anilines is 3. The zero-order valence-electron chi connectivity index (χ0n) is 17.6. The van der Waals surface area contributed by atoms with Gasteiger partial charge in [-0.05, 0) is 18.1 Å². The Labute approximate surface area is 176 Å². The highest BCUT2D eigenvalue weighted by Gasteiger charge is 2.15. The van der Waals surface area contributed by atoms with Crippen molar-refractivity contribution >= 4 is 17.5 Å². The summed E-state index contributed by atoms with van der Waals surface area (Å²) in [7, 11) is 3.21. The minimum absolute atomic E-state index is 0.0231. The number of hydrogen-bond donors (Lipinski definition) is 3. The lowest BCUT2D eigenvalue weighted by Crippen LogP contribution is -2.30. The fourth-order valence-corrected chi connectivity index (χ4v) is 2.84. The molecular weight excluding hydrogens is 382 g/mol. The zero-order chi connectivity index (χ0) is 21.5. The molecule has 2 heterocycles. The predicted octanol–water partition coefficient (Wildman–Crippen LogP) is 3.73. The second-order valence-corrected chi connectivity index (χ2v) is 7.08. The SMILES string of the molecule is COc1cc(Nc2cc(-c3ccccn3)nc(N[C@@H](CO)C(C)C)n2)cc(OC)c1. The molecule has 0 fully saturated rings. The highest BCUT2D eigenvalue weighted by atomic mass is 16.5. The largest absolute Gasteiger partial charge is 0.497 e. The van der Waals surface area contributed by atoms with E-state index in [1.165, 1.54) is 0 Å². The van der Waals surface area contributed by atoms with Crippen molar-refractivity contribution in [3.05, 3.63) is 48.7 Å². The van der Waals surface area contributed by atoms with Crippen molar-refractivity contribution in [3.63, 3.8) is 0 Å². The van der Waals surface area contributed by atoms with Crippen LogP contribution in [-0.2, 0) is 0 Å². The summed E-state index contributed by atoms with van der Waals surface area (Å²) in [4.78, 5) is 13.6. The molecule has 0 unspecified atom stereocenters. The predicted molar refractivity (Wildman–Crippen MR) is 117 cm³/mol. The van der Waals surface area contributed by atoms with Crippen molar-refractivity contribution in [2.75, 3.05) is 31.5 Å². The Morgan fingerprint density at radius 1 is 0.967 bits per heavy atom. The summed E-state index contributed by atoms with van der Waals surface area (Å²) < 4.78 is 10.7. The first-order valence-electron chi connectivity index (χ1n) is 9.70. The number of pyridine rings is 1. The van der Waals surface area contributed by atoms with E-state index in [0.29, 0.717) is 29.0 Å². The molecule has 8 heteroatoms. The third-order valence-electron chi connectivity index (χ3n) is 4.59. The lowest BCUT2D eigenvalue weighted by atomic mass is 10.1. The van der Waals surface area contributed by atoms with Gasteiger partial charge in [-0.1, -0.05) is 19.9 Å². The van der Waals surface area contributed by atoms with Gasteiger partial charge in [0.05, 0.1) is 38.3 Å². The Hall–Kier alpha value is -3.39. The Bertz CT molecular complexity index is 944. The number of benzene rings is 1. The van der Waals surface area contributed by atoms with E-state index in [1.54, 1.807) is 26.5 Å². The zero-order valence-corrected chi connectivity index (χ0v) is 17.6. The maximum absolute atomic E-state index is 9.69. The average Bonchev–Trinajstić information content (AvgIpc) is 2.77. The van der Waals surface area contributed by atoms with Crippen LogP contribution in [0.2, 0.25) is 0 Å². The van der Waals surface area contributed by atoms with E-state index in [2.05, 4.69) is 25.6 Å². The van der Waals surface area contributed by atoms with Crippen LogP contribution >= 0.6 is 0 Å². The van der Waals surface area contributed by atoms with Gasteiger partial charge in [0.25, 0.3) is 0 Å². The minimum Gasteiger partial charge on any atom is -0.497 e. The number of nitrogens with one attached hydrogen (secondary N) is 2. The molecule has 2 aromatic heterocycles. The molecule has 0 bridgehead atoms. The molecule has 0 aliphatic rings. The molecule has 0 amide bonds. The van der Waals surface area contributed by atoms with E-state index in [9.17, 15) is 5.11 Å². The number of nitrogens with zero attached hydrogens (tertiary/aromatic N) is 3. The van der Waals surface area contributed by atoms with Crippen LogP contribution in [0.5, 0.6) is 11.5 Å². The summed E-state index contributed by atoms with van der Waals surface area (Å²) >= 11 is 0. The van der Waals surface area contributed by atoms with Gasteiger partial charge >= 0.3 is 0 Å². The number of aliphatic hydroxyl groups is 1. The lowest BCUT2D eigenvalue weighted by Gasteiger charge is -2.20. The molecule has 1 atom stereocenters. The monoisotopic (exact) mass is 409 g/mol. The molecule has 1 aromatic carbocycles. The quantitative estimate of drug-likeness (QED) is 0.491. The van der Waals surface area contributed by atoms with Crippen molar-refractivity contribution in [2.24, 2.45) is 5.92 Å².